The van der Waals surface area contributed by atoms with Gasteiger partial charge in [0.2, 0.25) is 0 Å². The van der Waals surface area contributed by atoms with Gasteiger partial charge in [0.25, 0.3) is 11.6 Å². The molecule has 0 bridgehead atoms. The first kappa shape index (κ1) is 18.1. The van der Waals surface area contributed by atoms with E-state index in [0.717, 1.165) is 0 Å². The van der Waals surface area contributed by atoms with Gasteiger partial charge in [-0.1, -0.05) is 24.3 Å². The van der Waals surface area contributed by atoms with Crippen molar-refractivity contribution >= 4 is 23.3 Å². The van der Waals surface area contributed by atoms with E-state index in [4.69, 9.17) is 0 Å². The molecular weight excluding hydrogens is 355 g/mol. The van der Waals surface area contributed by atoms with Crippen LogP contribution in [0.2, 0.25) is 0 Å². The molecule has 0 fully saturated rings. The molecule has 0 saturated carbocycles. The second-order valence-electron chi connectivity index (χ2n) is 5.86. The standard InChI is InChI=1S/C18H15FN4O4/c1-10-15(17(24)21-14-8-3-2-7-13(14)19)16(22-18(25)20-10)11-5-4-6-12(9-11)23(26)27/h2-9,16H,1H3,(H,21,24)(H2,20,22,25)/t16-/m1/s1. The van der Waals surface area contributed by atoms with Gasteiger partial charge in [0.15, 0.2) is 0 Å². The van der Waals surface area contributed by atoms with Crippen molar-refractivity contribution in [3.63, 3.8) is 0 Å². The average Bonchev–Trinajstić information content (AvgIpc) is 2.63. The molecule has 0 radical (unpaired) electrons. The normalized spacial score (nSPS) is 16.4. The number of nitrogens with zero attached hydrogens (tertiary/aromatic N) is 1. The van der Waals surface area contributed by atoms with Crippen molar-refractivity contribution in [2.45, 2.75) is 13.0 Å². The maximum absolute atomic E-state index is 13.8. The van der Waals surface area contributed by atoms with Crippen LogP contribution < -0.4 is 16.0 Å². The zero-order chi connectivity index (χ0) is 19.6. The molecule has 0 aromatic heterocycles. The zero-order valence-corrected chi connectivity index (χ0v) is 14.2. The molecular formula is C18H15FN4O4. The Morgan fingerprint density at radius 3 is 2.67 bits per heavy atom. The molecule has 3 N–H and O–H groups in total. The van der Waals surface area contributed by atoms with Crippen molar-refractivity contribution in [2.24, 2.45) is 0 Å². The third-order valence-electron chi connectivity index (χ3n) is 4.05. The molecule has 0 saturated heterocycles. The van der Waals surface area contributed by atoms with E-state index in [9.17, 15) is 24.1 Å². The minimum atomic E-state index is -0.926. The SMILES string of the molecule is CC1=C(C(=O)Nc2ccccc2F)[C@@H](c2cccc([N+](=O)[O-])c2)NC(=O)N1. The Balaban J connectivity index is 1.99. The van der Waals surface area contributed by atoms with E-state index in [2.05, 4.69) is 16.0 Å². The number of nitro groups is 1. The number of benzene rings is 2. The summed E-state index contributed by atoms with van der Waals surface area (Å²) in [6.07, 6.45) is 0. The fourth-order valence-corrected chi connectivity index (χ4v) is 2.82. The first-order valence-corrected chi connectivity index (χ1v) is 7.95. The van der Waals surface area contributed by atoms with Crippen LogP contribution in [0.5, 0.6) is 0 Å². The molecule has 138 valence electrons. The van der Waals surface area contributed by atoms with E-state index < -0.39 is 28.7 Å². The van der Waals surface area contributed by atoms with Crippen LogP contribution in [0.15, 0.2) is 59.8 Å². The van der Waals surface area contributed by atoms with Crippen LogP contribution in [0, 0.1) is 15.9 Å². The van der Waals surface area contributed by atoms with Gasteiger partial charge in [-0.2, -0.15) is 0 Å². The summed E-state index contributed by atoms with van der Waals surface area (Å²) in [5, 5.41) is 18.6. The van der Waals surface area contributed by atoms with E-state index in [-0.39, 0.29) is 22.6 Å². The highest BCUT2D eigenvalue weighted by Gasteiger charge is 2.32. The van der Waals surface area contributed by atoms with Gasteiger partial charge < -0.3 is 16.0 Å². The zero-order valence-electron chi connectivity index (χ0n) is 14.2. The first-order valence-electron chi connectivity index (χ1n) is 7.95. The van der Waals surface area contributed by atoms with Crippen LogP contribution in [-0.4, -0.2) is 16.9 Å². The Morgan fingerprint density at radius 2 is 1.96 bits per heavy atom. The highest BCUT2D eigenvalue weighted by atomic mass is 19.1. The quantitative estimate of drug-likeness (QED) is 0.567. The minimum Gasteiger partial charge on any atom is -0.327 e. The van der Waals surface area contributed by atoms with Crippen molar-refractivity contribution in [1.82, 2.24) is 10.6 Å². The molecule has 2 aromatic rings. The maximum atomic E-state index is 13.8. The Bertz CT molecular complexity index is 973. The summed E-state index contributed by atoms with van der Waals surface area (Å²) in [6, 6.07) is 9.80. The molecule has 3 amide bonds. The van der Waals surface area contributed by atoms with Crippen molar-refractivity contribution in [3.8, 4) is 0 Å². The summed E-state index contributed by atoms with van der Waals surface area (Å²) < 4.78 is 13.8. The summed E-state index contributed by atoms with van der Waals surface area (Å²) in [6.45, 7) is 1.53. The minimum absolute atomic E-state index is 0.0162. The highest BCUT2D eigenvalue weighted by Crippen LogP contribution is 2.30. The topological polar surface area (TPSA) is 113 Å². The maximum Gasteiger partial charge on any atom is 0.319 e. The number of rotatable bonds is 4. The van der Waals surface area contributed by atoms with E-state index in [0.29, 0.717) is 5.56 Å². The highest BCUT2D eigenvalue weighted by molar-refractivity contribution is 6.06. The van der Waals surface area contributed by atoms with Crippen LogP contribution in [-0.2, 0) is 4.79 Å². The van der Waals surface area contributed by atoms with E-state index in [1.165, 1.54) is 43.3 Å². The predicted molar refractivity (Wildman–Crippen MR) is 95.2 cm³/mol. The number of anilines is 1. The summed E-state index contributed by atoms with van der Waals surface area (Å²) >= 11 is 0. The Kier molecular flexibility index (Phi) is 4.84. The summed E-state index contributed by atoms with van der Waals surface area (Å²) in [5.74, 6) is -1.24. The number of nitrogens with one attached hydrogen (secondary N) is 3. The van der Waals surface area contributed by atoms with Gasteiger partial charge >= 0.3 is 6.03 Å². The Hall–Kier alpha value is -3.75. The third-order valence-corrected chi connectivity index (χ3v) is 4.05. The van der Waals surface area contributed by atoms with E-state index >= 15 is 0 Å². The number of carbonyl (C=O) groups is 2. The van der Waals surface area contributed by atoms with Gasteiger partial charge in [0.05, 0.1) is 22.2 Å². The van der Waals surface area contributed by atoms with Gasteiger partial charge in [-0.05, 0) is 24.6 Å². The predicted octanol–water partition coefficient (Wildman–Crippen LogP) is 3.00. The van der Waals surface area contributed by atoms with Crippen LogP contribution >= 0.6 is 0 Å². The second-order valence-corrected chi connectivity index (χ2v) is 5.86. The number of allylic oxidation sites excluding steroid dienone is 1. The van der Waals surface area contributed by atoms with Gasteiger partial charge in [0, 0.05) is 17.8 Å². The number of halogens is 1. The summed E-state index contributed by atoms with van der Waals surface area (Å²) in [5.41, 5.74) is 0.559. The largest absolute Gasteiger partial charge is 0.327 e. The number of para-hydroxylation sites is 1. The third kappa shape index (κ3) is 3.76. The van der Waals surface area contributed by atoms with Crippen molar-refractivity contribution in [2.75, 3.05) is 5.32 Å². The van der Waals surface area contributed by atoms with Crippen LogP contribution in [0.4, 0.5) is 20.6 Å². The van der Waals surface area contributed by atoms with Crippen LogP contribution in [0.25, 0.3) is 0 Å². The monoisotopic (exact) mass is 370 g/mol. The second kappa shape index (κ2) is 7.24. The van der Waals surface area contributed by atoms with E-state index in [1.54, 1.807) is 12.1 Å². The van der Waals surface area contributed by atoms with Crippen molar-refractivity contribution in [3.05, 3.63) is 81.3 Å². The van der Waals surface area contributed by atoms with Gasteiger partial charge in [0.1, 0.15) is 5.82 Å². The molecule has 1 aliphatic heterocycles. The molecule has 2 aromatic carbocycles. The number of non-ortho nitro benzene ring substituents is 1. The number of carbonyl (C=O) groups excluding carboxylic acids is 2. The van der Waals surface area contributed by atoms with Crippen molar-refractivity contribution in [1.29, 1.82) is 0 Å². The van der Waals surface area contributed by atoms with E-state index in [1.807, 2.05) is 0 Å². The fourth-order valence-electron chi connectivity index (χ4n) is 2.82. The fraction of sp³-hybridized carbons (Fsp3) is 0.111. The van der Waals surface area contributed by atoms with Gasteiger partial charge in [-0.25, -0.2) is 9.18 Å². The molecule has 27 heavy (non-hydrogen) atoms. The number of amides is 3. The Morgan fingerprint density at radius 1 is 1.22 bits per heavy atom. The molecule has 1 atom stereocenters. The van der Waals surface area contributed by atoms with Gasteiger partial charge in [-0.15, -0.1) is 0 Å². The molecule has 0 unspecified atom stereocenters. The van der Waals surface area contributed by atoms with Gasteiger partial charge in [-0.3, -0.25) is 14.9 Å². The summed E-state index contributed by atoms with van der Waals surface area (Å²) in [7, 11) is 0. The lowest BCUT2D eigenvalue weighted by molar-refractivity contribution is -0.384. The molecule has 3 rings (SSSR count). The molecule has 9 heteroatoms. The number of urea groups is 1. The average molecular weight is 370 g/mol. The molecule has 1 heterocycles. The first-order chi connectivity index (χ1) is 12.9. The summed E-state index contributed by atoms with van der Waals surface area (Å²) in [4.78, 5) is 35.1. The molecule has 0 aliphatic carbocycles. The Labute approximate surface area is 153 Å². The van der Waals surface area contributed by atoms with Crippen molar-refractivity contribution < 1.29 is 18.9 Å². The van der Waals surface area contributed by atoms with Crippen LogP contribution in [0.1, 0.15) is 18.5 Å². The smallest absolute Gasteiger partial charge is 0.319 e. The lowest BCUT2D eigenvalue weighted by atomic mass is 9.94. The number of hydrogen-bond acceptors (Lipinski definition) is 4. The number of hydrogen-bond donors (Lipinski definition) is 3. The lowest BCUT2D eigenvalue weighted by Gasteiger charge is -2.28. The molecule has 8 nitrogen and oxygen atoms in total. The lowest BCUT2D eigenvalue weighted by Crippen LogP contribution is -2.46. The van der Waals surface area contributed by atoms with Crippen LogP contribution in [0.3, 0.4) is 0 Å². The number of nitro benzene ring substituents is 1. The molecule has 0 spiro atoms. The molecule has 1 aliphatic rings.